The van der Waals surface area contributed by atoms with Crippen molar-refractivity contribution in [3.63, 3.8) is 0 Å². The van der Waals surface area contributed by atoms with Crippen LogP contribution in [0.25, 0.3) is 0 Å². The van der Waals surface area contributed by atoms with Crippen molar-refractivity contribution in [2.24, 2.45) is 5.92 Å². The van der Waals surface area contributed by atoms with Gasteiger partial charge >= 0.3 is 12.0 Å². The summed E-state index contributed by atoms with van der Waals surface area (Å²) in [7, 11) is 0. The van der Waals surface area contributed by atoms with Crippen molar-refractivity contribution in [2.45, 2.75) is 46.2 Å². The SMILES string of the molecule is CC(C)CN(C(=O)N[C@@H](CCO)C(=O)O)C(C)C. The van der Waals surface area contributed by atoms with Gasteiger partial charge in [-0.25, -0.2) is 9.59 Å². The van der Waals surface area contributed by atoms with Crippen LogP contribution >= 0.6 is 0 Å². The monoisotopic (exact) mass is 260 g/mol. The minimum Gasteiger partial charge on any atom is -0.480 e. The van der Waals surface area contributed by atoms with Crippen molar-refractivity contribution >= 4 is 12.0 Å². The number of carbonyl (C=O) groups excluding carboxylic acids is 1. The summed E-state index contributed by atoms with van der Waals surface area (Å²) in [5.41, 5.74) is 0. The van der Waals surface area contributed by atoms with Crippen molar-refractivity contribution in [3.05, 3.63) is 0 Å². The van der Waals surface area contributed by atoms with E-state index < -0.39 is 18.0 Å². The number of carboxylic acid groups (broad SMARTS) is 1. The summed E-state index contributed by atoms with van der Waals surface area (Å²) in [6.45, 7) is 8.03. The van der Waals surface area contributed by atoms with E-state index in [1.807, 2.05) is 27.7 Å². The van der Waals surface area contributed by atoms with Crippen LogP contribution in [-0.4, -0.2) is 52.3 Å². The van der Waals surface area contributed by atoms with Crippen molar-refractivity contribution in [3.8, 4) is 0 Å². The van der Waals surface area contributed by atoms with Crippen LogP contribution in [-0.2, 0) is 4.79 Å². The summed E-state index contributed by atoms with van der Waals surface area (Å²) < 4.78 is 0. The molecule has 0 aromatic rings. The second-order valence-corrected chi connectivity index (χ2v) is 4.99. The Bertz CT molecular complexity index is 279. The first kappa shape index (κ1) is 16.7. The quantitative estimate of drug-likeness (QED) is 0.634. The summed E-state index contributed by atoms with van der Waals surface area (Å²) in [5, 5.41) is 20.1. The largest absolute Gasteiger partial charge is 0.480 e. The molecule has 6 heteroatoms. The fourth-order valence-electron chi connectivity index (χ4n) is 1.54. The van der Waals surface area contributed by atoms with Crippen LogP contribution in [0, 0.1) is 5.92 Å². The number of rotatable bonds is 7. The molecule has 3 N–H and O–H groups in total. The molecule has 6 nitrogen and oxygen atoms in total. The number of aliphatic hydroxyl groups is 1. The molecule has 0 aromatic heterocycles. The van der Waals surface area contributed by atoms with Gasteiger partial charge in [0.1, 0.15) is 6.04 Å². The molecule has 0 rings (SSSR count). The van der Waals surface area contributed by atoms with Gasteiger partial charge in [0.05, 0.1) is 0 Å². The van der Waals surface area contributed by atoms with Gasteiger partial charge < -0.3 is 20.4 Å². The molecule has 0 bridgehead atoms. The van der Waals surface area contributed by atoms with Crippen LogP contribution in [0.2, 0.25) is 0 Å². The highest BCUT2D eigenvalue weighted by atomic mass is 16.4. The standard InChI is InChI=1S/C12H24N2O4/c1-8(2)7-14(9(3)4)12(18)13-10(5-6-15)11(16)17/h8-10,15H,5-7H2,1-4H3,(H,13,18)(H,16,17)/t10-/m0/s1. The second kappa shape index (κ2) is 7.92. The minimum absolute atomic E-state index is 0.00373. The molecule has 0 aliphatic rings. The highest BCUT2D eigenvalue weighted by Gasteiger charge is 2.24. The Morgan fingerprint density at radius 1 is 1.22 bits per heavy atom. The molecule has 0 radical (unpaired) electrons. The van der Waals surface area contributed by atoms with E-state index in [-0.39, 0.29) is 19.1 Å². The fourth-order valence-corrected chi connectivity index (χ4v) is 1.54. The molecular formula is C12H24N2O4. The fraction of sp³-hybridized carbons (Fsp3) is 0.833. The lowest BCUT2D eigenvalue weighted by Gasteiger charge is -2.29. The molecule has 0 aliphatic heterocycles. The normalized spacial score (nSPS) is 12.6. The first-order valence-corrected chi connectivity index (χ1v) is 6.20. The van der Waals surface area contributed by atoms with Crippen molar-refractivity contribution in [2.75, 3.05) is 13.2 Å². The number of urea groups is 1. The molecule has 106 valence electrons. The van der Waals surface area contributed by atoms with E-state index in [0.717, 1.165) is 0 Å². The number of carboxylic acids is 1. The Morgan fingerprint density at radius 3 is 2.11 bits per heavy atom. The van der Waals surface area contributed by atoms with Crippen LogP contribution in [0.4, 0.5) is 4.79 Å². The van der Waals surface area contributed by atoms with Gasteiger partial charge in [0.25, 0.3) is 0 Å². The summed E-state index contributed by atoms with van der Waals surface area (Å²) in [5.74, 6) is -0.829. The van der Waals surface area contributed by atoms with E-state index in [1.165, 1.54) is 0 Å². The van der Waals surface area contributed by atoms with Crippen LogP contribution in [0.5, 0.6) is 0 Å². The van der Waals surface area contributed by atoms with Gasteiger partial charge in [-0.05, 0) is 19.8 Å². The maximum atomic E-state index is 12.0. The van der Waals surface area contributed by atoms with Gasteiger partial charge in [0, 0.05) is 25.6 Å². The Morgan fingerprint density at radius 2 is 1.78 bits per heavy atom. The first-order valence-electron chi connectivity index (χ1n) is 6.20. The van der Waals surface area contributed by atoms with Crippen LogP contribution in [0.15, 0.2) is 0 Å². The Labute approximate surface area is 108 Å². The average Bonchev–Trinajstić information content (AvgIpc) is 2.24. The maximum absolute atomic E-state index is 12.0. The lowest BCUT2D eigenvalue weighted by atomic mass is 10.2. The maximum Gasteiger partial charge on any atom is 0.326 e. The van der Waals surface area contributed by atoms with Gasteiger partial charge in [-0.15, -0.1) is 0 Å². The van der Waals surface area contributed by atoms with E-state index in [0.29, 0.717) is 12.5 Å². The topological polar surface area (TPSA) is 89.9 Å². The molecule has 0 heterocycles. The van der Waals surface area contributed by atoms with Gasteiger partial charge in [-0.2, -0.15) is 0 Å². The van der Waals surface area contributed by atoms with E-state index in [1.54, 1.807) is 4.90 Å². The number of hydrogen-bond acceptors (Lipinski definition) is 3. The lowest BCUT2D eigenvalue weighted by molar-refractivity contribution is -0.139. The third kappa shape index (κ3) is 5.86. The smallest absolute Gasteiger partial charge is 0.326 e. The van der Waals surface area contributed by atoms with Crippen LogP contribution < -0.4 is 5.32 Å². The second-order valence-electron chi connectivity index (χ2n) is 4.99. The number of hydrogen-bond donors (Lipinski definition) is 3. The number of carbonyl (C=O) groups is 2. The third-order valence-electron chi connectivity index (χ3n) is 2.46. The average molecular weight is 260 g/mol. The van der Waals surface area contributed by atoms with Crippen molar-refractivity contribution < 1.29 is 19.8 Å². The summed E-state index contributed by atoms with van der Waals surface area (Å²) in [6, 6.07) is -1.45. The van der Waals surface area contributed by atoms with E-state index in [4.69, 9.17) is 10.2 Å². The predicted molar refractivity (Wildman–Crippen MR) is 68.3 cm³/mol. The zero-order valence-corrected chi connectivity index (χ0v) is 11.5. The zero-order valence-electron chi connectivity index (χ0n) is 11.5. The number of aliphatic carboxylic acids is 1. The number of nitrogens with zero attached hydrogens (tertiary/aromatic N) is 1. The summed E-state index contributed by atoms with van der Waals surface area (Å²) in [6.07, 6.45) is 0.00862. The zero-order chi connectivity index (χ0) is 14.3. The Balaban J connectivity index is 4.61. The molecule has 0 unspecified atom stereocenters. The molecule has 18 heavy (non-hydrogen) atoms. The van der Waals surface area contributed by atoms with Crippen LogP contribution in [0.1, 0.15) is 34.1 Å². The molecule has 2 amide bonds. The van der Waals surface area contributed by atoms with E-state index >= 15 is 0 Å². The van der Waals surface area contributed by atoms with Gasteiger partial charge in [-0.1, -0.05) is 13.8 Å². The number of aliphatic hydroxyl groups excluding tert-OH is 1. The third-order valence-corrected chi connectivity index (χ3v) is 2.46. The molecule has 0 saturated heterocycles. The molecular weight excluding hydrogens is 236 g/mol. The van der Waals surface area contributed by atoms with Crippen LogP contribution in [0.3, 0.4) is 0 Å². The van der Waals surface area contributed by atoms with E-state index in [2.05, 4.69) is 5.32 Å². The molecule has 0 saturated carbocycles. The number of amides is 2. The summed E-state index contributed by atoms with van der Waals surface area (Å²) >= 11 is 0. The lowest BCUT2D eigenvalue weighted by Crippen LogP contribution is -2.51. The number of nitrogens with one attached hydrogen (secondary N) is 1. The molecule has 0 spiro atoms. The molecule has 0 aromatic carbocycles. The van der Waals surface area contributed by atoms with Crippen molar-refractivity contribution in [1.29, 1.82) is 0 Å². The highest BCUT2D eigenvalue weighted by Crippen LogP contribution is 2.05. The van der Waals surface area contributed by atoms with Crippen molar-refractivity contribution in [1.82, 2.24) is 10.2 Å². The van der Waals surface area contributed by atoms with Gasteiger partial charge in [0.15, 0.2) is 0 Å². The van der Waals surface area contributed by atoms with E-state index in [9.17, 15) is 9.59 Å². The van der Waals surface area contributed by atoms with Gasteiger partial charge in [-0.3, -0.25) is 0 Å². The molecule has 0 aliphatic carbocycles. The van der Waals surface area contributed by atoms with Gasteiger partial charge in [0.2, 0.25) is 0 Å². The summed E-state index contributed by atoms with van der Waals surface area (Å²) in [4.78, 5) is 24.5. The molecule has 1 atom stereocenters. The Kier molecular flexibility index (Phi) is 7.35. The minimum atomic E-state index is -1.13. The first-order chi connectivity index (χ1) is 8.29. The predicted octanol–water partition coefficient (Wildman–Crippen LogP) is 0.898. The molecule has 0 fully saturated rings. The highest BCUT2D eigenvalue weighted by molar-refractivity contribution is 5.82. The Hall–Kier alpha value is -1.30.